The molecule has 0 N–H and O–H groups in total. The SMILES string of the molecule is CCCn1c(C(C)N(C)C(=O)C(C)C)nc2ccccc2c1=O. The van der Waals surface area contributed by atoms with Crippen LogP contribution in [0, 0.1) is 5.92 Å². The number of hydrogen-bond donors (Lipinski definition) is 0. The van der Waals surface area contributed by atoms with Crippen LogP contribution in [-0.2, 0) is 11.3 Å². The molecule has 0 saturated heterocycles. The molecule has 0 spiro atoms. The van der Waals surface area contributed by atoms with E-state index in [1.807, 2.05) is 45.9 Å². The highest BCUT2D eigenvalue weighted by molar-refractivity contribution is 5.79. The van der Waals surface area contributed by atoms with Gasteiger partial charge in [-0.25, -0.2) is 4.98 Å². The Morgan fingerprint density at radius 1 is 1.26 bits per heavy atom. The highest BCUT2D eigenvalue weighted by atomic mass is 16.2. The molecule has 5 heteroatoms. The summed E-state index contributed by atoms with van der Waals surface area (Å²) >= 11 is 0. The summed E-state index contributed by atoms with van der Waals surface area (Å²) in [6.45, 7) is 8.29. The minimum Gasteiger partial charge on any atom is -0.336 e. The van der Waals surface area contributed by atoms with Gasteiger partial charge in [-0.1, -0.05) is 32.9 Å². The van der Waals surface area contributed by atoms with Crippen molar-refractivity contribution in [2.75, 3.05) is 7.05 Å². The minimum absolute atomic E-state index is 0.0373. The van der Waals surface area contributed by atoms with Crippen LogP contribution in [0.4, 0.5) is 0 Å². The molecule has 2 rings (SSSR count). The van der Waals surface area contributed by atoms with Gasteiger partial charge in [0.15, 0.2) is 0 Å². The largest absolute Gasteiger partial charge is 0.336 e. The Bertz CT molecular complexity index is 764. The number of para-hydroxylation sites is 1. The molecule has 0 fully saturated rings. The lowest BCUT2D eigenvalue weighted by Crippen LogP contribution is -2.37. The molecule has 1 unspecified atom stereocenters. The maximum absolute atomic E-state index is 12.8. The Balaban J connectivity index is 2.60. The van der Waals surface area contributed by atoms with Gasteiger partial charge in [0.1, 0.15) is 5.82 Å². The fourth-order valence-corrected chi connectivity index (χ4v) is 2.72. The van der Waals surface area contributed by atoms with Crippen LogP contribution in [0.25, 0.3) is 10.9 Å². The lowest BCUT2D eigenvalue weighted by atomic mass is 10.1. The number of amides is 1. The van der Waals surface area contributed by atoms with E-state index in [2.05, 4.69) is 4.98 Å². The van der Waals surface area contributed by atoms with Crippen molar-refractivity contribution >= 4 is 16.8 Å². The summed E-state index contributed by atoms with van der Waals surface area (Å²) in [6.07, 6.45) is 0.835. The maximum atomic E-state index is 12.8. The van der Waals surface area contributed by atoms with Gasteiger partial charge in [0.05, 0.1) is 16.9 Å². The average molecular weight is 315 g/mol. The molecule has 1 aromatic carbocycles. The highest BCUT2D eigenvalue weighted by Gasteiger charge is 2.24. The summed E-state index contributed by atoms with van der Waals surface area (Å²) < 4.78 is 1.71. The Hall–Kier alpha value is -2.17. The van der Waals surface area contributed by atoms with E-state index in [0.29, 0.717) is 23.3 Å². The van der Waals surface area contributed by atoms with Gasteiger partial charge in [0, 0.05) is 19.5 Å². The molecule has 0 aliphatic rings. The van der Waals surface area contributed by atoms with Crippen LogP contribution in [0.2, 0.25) is 0 Å². The Kier molecular flexibility index (Phi) is 5.19. The van der Waals surface area contributed by atoms with Crippen LogP contribution in [0.5, 0.6) is 0 Å². The molecule has 1 aromatic heterocycles. The number of aromatic nitrogens is 2. The second-order valence-electron chi connectivity index (χ2n) is 6.22. The number of nitrogens with zero attached hydrogens (tertiary/aromatic N) is 3. The first-order valence-electron chi connectivity index (χ1n) is 8.14. The standard InChI is InChI=1S/C18H25N3O2/c1-6-11-21-16(13(4)20(5)17(22)12(2)3)19-15-10-8-7-9-14(15)18(21)23/h7-10,12-13H,6,11H2,1-5H3. The van der Waals surface area contributed by atoms with Crippen molar-refractivity contribution in [3.63, 3.8) is 0 Å². The lowest BCUT2D eigenvalue weighted by molar-refractivity contribution is -0.135. The molecule has 0 radical (unpaired) electrons. The fourth-order valence-electron chi connectivity index (χ4n) is 2.72. The normalized spacial score (nSPS) is 12.6. The zero-order valence-electron chi connectivity index (χ0n) is 14.5. The number of hydrogen-bond acceptors (Lipinski definition) is 3. The summed E-state index contributed by atoms with van der Waals surface area (Å²) in [6, 6.07) is 7.10. The third kappa shape index (κ3) is 3.28. The van der Waals surface area contributed by atoms with Gasteiger partial charge in [0.25, 0.3) is 5.56 Å². The summed E-state index contributed by atoms with van der Waals surface area (Å²) in [5.41, 5.74) is 0.641. The second kappa shape index (κ2) is 6.94. The number of carbonyl (C=O) groups is 1. The van der Waals surface area contributed by atoms with Gasteiger partial charge in [0.2, 0.25) is 5.91 Å². The van der Waals surface area contributed by atoms with Crippen molar-refractivity contribution in [1.82, 2.24) is 14.5 Å². The van der Waals surface area contributed by atoms with Gasteiger partial charge in [-0.05, 0) is 25.5 Å². The summed E-state index contributed by atoms with van der Waals surface area (Å²) in [7, 11) is 1.77. The van der Waals surface area contributed by atoms with Crippen LogP contribution in [0.15, 0.2) is 29.1 Å². The van der Waals surface area contributed by atoms with Crippen molar-refractivity contribution in [3.05, 3.63) is 40.4 Å². The molecular formula is C18H25N3O2. The fraction of sp³-hybridized carbons (Fsp3) is 0.500. The average Bonchev–Trinajstić information content (AvgIpc) is 2.55. The molecule has 5 nitrogen and oxygen atoms in total. The van der Waals surface area contributed by atoms with E-state index in [1.54, 1.807) is 22.6 Å². The Morgan fingerprint density at radius 2 is 1.91 bits per heavy atom. The van der Waals surface area contributed by atoms with Crippen LogP contribution in [0.3, 0.4) is 0 Å². The molecule has 0 saturated carbocycles. The van der Waals surface area contributed by atoms with Crippen molar-refractivity contribution in [1.29, 1.82) is 0 Å². The van der Waals surface area contributed by atoms with Gasteiger partial charge < -0.3 is 4.90 Å². The first kappa shape index (κ1) is 17.2. The molecule has 0 aliphatic carbocycles. The van der Waals surface area contributed by atoms with E-state index in [1.165, 1.54) is 0 Å². The first-order chi connectivity index (χ1) is 10.9. The number of benzene rings is 1. The third-order valence-corrected chi connectivity index (χ3v) is 4.13. The van der Waals surface area contributed by atoms with Crippen molar-refractivity contribution < 1.29 is 4.79 Å². The molecular weight excluding hydrogens is 290 g/mol. The number of rotatable bonds is 5. The molecule has 1 atom stereocenters. The van der Waals surface area contributed by atoms with E-state index < -0.39 is 0 Å². The second-order valence-corrected chi connectivity index (χ2v) is 6.22. The summed E-state index contributed by atoms with van der Waals surface area (Å²) in [4.78, 5) is 31.4. The molecule has 1 heterocycles. The Morgan fingerprint density at radius 3 is 2.52 bits per heavy atom. The highest BCUT2D eigenvalue weighted by Crippen LogP contribution is 2.20. The topological polar surface area (TPSA) is 55.2 Å². The van der Waals surface area contributed by atoms with Crippen molar-refractivity contribution in [2.45, 2.75) is 46.7 Å². The van der Waals surface area contributed by atoms with E-state index in [-0.39, 0.29) is 23.4 Å². The van der Waals surface area contributed by atoms with E-state index in [4.69, 9.17) is 0 Å². The zero-order valence-corrected chi connectivity index (χ0v) is 14.5. The third-order valence-electron chi connectivity index (χ3n) is 4.13. The van der Waals surface area contributed by atoms with E-state index >= 15 is 0 Å². The molecule has 1 amide bonds. The number of fused-ring (bicyclic) bond motifs is 1. The van der Waals surface area contributed by atoms with Gasteiger partial charge >= 0.3 is 0 Å². The van der Waals surface area contributed by atoms with Crippen LogP contribution < -0.4 is 5.56 Å². The Labute approximate surface area is 136 Å². The smallest absolute Gasteiger partial charge is 0.261 e. The predicted octanol–water partition coefficient (Wildman–Crippen LogP) is 2.98. The van der Waals surface area contributed by atoms with Crippen molar-refractivity contribution in [3.8, 4) is 0 Å². The monoisotopic (exact) mass is 315 g/mol. The summed E-state index contributed by atoms with van der Waals surface area (Å²) in [5, 5.41) is 0.620. The molecule has 124 valence electrons. The van der Waals surface area contributed by atoms with E-state index in [0.717, 1.165) is 6.42 Å². The minimum atomic E-state index is -0.256. The van der Waals surface area contributed by atoms with Gasteiger partial charge in [-0.3, -0.25) is 14.2 Å². The first-order valence-corrected chi connectivity index (χ1v) is 8.14. The quantitative estimate of drug-likeness (QED) is 0.852. The lowest BCUT2D eigenvalue weighted by Gasteiger charge is -2.28. The van der Waals surface area contributed by atoms with Crippen molar-refractivity contribution in [2.24, 2.45) is 5.92 Å². The molecule has 23 heavy (non-hydrogen) atoms. The van der Waals surface area contributed by atoms with Gasteiger partial charge in [-0.2, -0.15) is 0 Å². The van der Waals surface area contributed by atoms with Crippen LogP contribution >= 0.6 is 0 Å². The molecule has 0 aliphatic heterocycles. The summed E-state index contributed by atoms with van der Waals surface area (Å²) in [5.74, 6) is 0.601. The van der Waals surface area contributed by atoms with Gasteiger partial charge in [-0.15, -0.1) is 0 Å². The molecule has 0 bridgehead atoms. The molecule has 2 aromatic rings. The zero-order chi connectivity index (χ0) is 17.1. The predicted molar refractivity (Wildman–Crippen MR) is 92.3 cm³/mol. The maximum Gasteiger partial charge on any atom is 0.261 e. The van der Waals surface area contributed by atoms with Crippen LogP contribution in [0.1, 0.15) is 46.0 Å². The van der Waals surface area contributed by atoms with E-state index in [9.17, 15) is 9.59 Å². The number of carbonyl (C=O) groups excluding carboxylic acids is 1. The van der Waals surface area contributed by atoms with Crippen LogP contribution in [-0.4, -0.2) is 27.4 Å².